The number of esters is 1. The standard InChI is InChI=1S/C17H21FN4O2/c1-2-24-17(23)16-15(19-21-20-16)14-7-6-13(18)10-12(14)11-22-8-4-3-5-9-22/h6-7,10H,2-5,8-9,11H2,1H3,(H,19,20,21). The predicted molar refractivity (Wildman–Crippen MR) is 86.9 cm³/mol. The maximum Gasteiger partial charge on any atom is 0.361 e. The molecule has 0 unspecified atom stereocenters. The highest BCUT2D eigenvalue weighted by Gasteiger charge is 2.22. The van der Waals surface area contributed by atoms with Crippen molar-refractivity contribution in [2.45, 2.75) is 32.7 Å². The van der Waals surface area contributed by atoms with Crippen LogP contribution in [0.25, 0.3) is 11.3 Å². The van der Waals surface area contributed by atoms with Crippen LogP contribution in [0, 0.1) is 5.82 Å². The summed E-state index contributed by atoms with van der Waals surface area (Å²) in [4.78, 5) is 14.3. The number of aromatic amines is 1. The Morgan fingerprint density at radius 2 is 2.08 bits per heavy atom. The number of rotatable bonds is 5. The first-order chi connectivity index (χ1) is 11.7. The molecule has 0 radical (unpaired) electrons. The molecule has 0 aliphatic carbocycles. The Labute approximate surface area is 140 Å². The fourth-order valence-electron chi connectivity index (χ4n) is 3.04. The van der Waals surface area contributed by atoms with Crippen LogP contribution < -0.4 is 0 Å². The zero-order chi connectivity index (χ0) is 16.9. The lowest BCUT2D eigenvalue weighted by molar-refractivity contribution is 0.0520. The number of carbonyl (C=O) groups is 1. The van der Waals surface area contributed by atoms with Gasteiger partial charge in [0.05, 0.1) is 6.61 Å². The van der Waals surface area contributed by atoms with Gasteiger partial charge in [0, 0.05) is 12.1 Å². The quantitative estimate of drug-likeness (QED) is 0.853. The van der Waals surface area contributed by atoms with Crippen LogP contribution in [0.5, 0.6) is 0 Å². The number of halogens is 1. The molecular weight excluding hydrogens is 311 g/mol. The lowest BCUT2D eigenvalue weighted by Gasteiger charge is -2.27. The Morgan fingerprint density at radius 3 is 2.83 bits per heavy atom. The van der Waals surface area contributed by atoms with E-state index in [0.717, 1.165) is 31.5 Å². The van der Waals surface area contributed by atoms with Crippen molar-refractivity contribution in [2.24, 2.45) is 0 Å². The molecule has 0 amide bonds. The van der Waals surface area contributed by atoms with Crippen molar-refractivity contribution in [1.29, 1.82) is 0 Å². The third kappa shape index (κ3) is 3.62. The molecule has 1 aromatic carbocycles. The van der Waals surface area contributed by atoms with Gasteiger partial charge in [0.2, 0.25) is 0 Å². The first-order valence-electron chi connectivity index (χ1n) is 8.28. The highest BCUT2D eigenvalue weighted by Crippen LogP contribution is 2.27. The van der Waals surface area contributed by atoms with Crippen molar-refractivity contribution < 1.29 is 13.9 Å². The van der Waals surface area contributed by atoms with Gasteiger partial charge in [-0.15, -0.1) is 5.10 Å². The molecule has 6 nitrogen and oxygen atoms in total. The van der Waals surface area contributed by atoms with Crippen LogP contribution in [0.3, 0.4) is 0 Å². The molecule has 1 N–H and O–H groups in total. The summed E-state index contributed by atoms with van der Waals surface area (Å²) in [5, 5.41) is 10.5. The number of ether oxygens (including phenoxy) is 1. The molecule has 3 rings (SSSR count). The van der Waals surface area contributed by atoms with Gasteiger partial charge in [-0.2, -0.15) is 10.3 Å². The minimum atomic E-state index is -0.533. The van der Waals surface area contributed by atoms with Crippen molar-refractivity contribution >= 4 is 5.97 Å². The zero-order valence-electron chi connectivity index (χ0n) is 13.7. The fourth-order valence-corrected chi connectivity index (χ4v) is 3.04. The molecule has 128 valence electrons. The molecule has 2 aromatic rings. The number of benzene rings is 1. The predicted octanol–water partition coefficient (Wildman–Crippen LogP) is 2.77. The zero-order valence-corrected chi connectivity index (χ0v) is 13.7. The Bertz CT molecular complexity index is 710. The molecule has 1 aliphatic rings. The number of aromatic nitrogens is 3. The average molecular weight is 332 g/mol. The van der Waals surface area contributed by atoms with Gasteiger partial charge in [-0.25, -0.2) is 9.18 Å². The summed E-state index contributed by atoms with van der Waals surface area (Å²) in [5.41, 5.74) is 2.04. The molecule has 24 heavy (non-hydrogen) atoms. The second-order valence-corrected chi connectivity index (χ2v) is 5.88. The van der Waals surface area contributed by atoms with E-state index in [2.05, 4.69) is 20.3 Å². The number of hydrogen-bond donors (Lipinski definition) is 1. The van der Waals surface area contributed by atoms with Crippen LogP contribution in [0.4, 0.5) is 4.39 Å². The first-order valence-corrected chi connectivity index (χ1v) is 8.28. The minimum absolute atomic E-state index is 0.128. The van der Waals surface area contributed by atoms with Gasteiger partial charge in [-0.3, -0.25) is 4.90 Å². The highest BCUT2D eigenvalue weighted by atomic mass is 19.1. The van der Waals surface area contributed by atoms with E-state index >= 15 is 0 Å². The maximum absolute atomic E-state index is 13.8. The largest absolute Gasteiger partial charge is 0.461 e. The summed E-state index contributed by atoms with van der Waals surface area (Å²) >= 11 is 0. The van der Waals surface area contributed by atoms with Crippen molar-refractivity contribution in [1.82, 2.24) is 20.3 Å². The Balaban J connectivity index is 1.93. The molecule has 0 spiro atoms. The molecule has 0 saturated carbocycles. The van der Waals surface area contributed by atoms with E-state index in [-0.39, 0.29) is 18.1 Å². The van der Waals surface area contributed by atoms with Crippen LogP contribution in [0.15, 0.2) is 18.2 Å². The molecule has 0 bridgehead atoms. The SMILES string of the molecule is CCOC(=O)c1n[nH]nc1-c1ccc(F)cc1CN1CCCCC1. The van der Waals surface area contributed by atoms with E-state index in [1.54, 1.807) is 13.0 Å². The van der Waals surface area contributed by atoms with Gasteiger partial charge >= 0.3 is 5.97 Å². The number of likely N-dealkylation sites (tertiary alicyclic amines) is 1. The molecule has 7 heteroatoms. The Hall–Kier alpha value is -2.28. The minimum Gasteiger partial charge on any atom is -0.461 e. The third-order valence-corrected chi connectivity index (χ3v) is 4.18. The number of carbonyl (C=O) groups excluding carboxylic acids is 1. The van der Waals surface area contributed by atoms with E-state index in [1.165, 1.54) is 18.6 Å². The average Bonchev–Trinajstić information content (AvgIpc) is 3.06. The van der Waals surface area contributed by atoms with E-state index in [4.69, 9.17) is 4.74 Å². The van der Waals surface area contributed by atoms with Gasteiger partial charge in [0.15, 0.2) is 5.69 Å². The van der Waals surface area contributed by atoms with Gasteiger partial charge in [0.1, 0.15) is 11.5 Å². The first kappa shape index (κ1) is 16.6. The van der Waals surface area contributed by atoms with Crippen molar-refractivity contribution in [2.75, 3.05) is 19.7 Å². The van der Waals surface area contributed by atoms with Gasteiger partial charge in [-0.1, -0.05) is 6.42 Å². The van der Waals surface area contributed by atoms with Crippen molar-refractivity contribution in [3.63, 3.8) is 0 Å². The lowest BCUT2D eigenvalue weighted by Crippen LogP contribution is -2.29. The monoisotopic (exact) mass is 332 g/mol. The molecule has 1 saturated heterocycles. The maximum atomic E-state index is 13.8. The van der Waals surface area contributed by atoms with Crippen LogP contribution >= 0.6 is 0 Å². The van der Waals surface area contributed by atoms with Gasteiger partial charge < -0.3 is 4.74 Å². The lowest BCUT2D eigenvalue weighted by atomic mass is 10.0. The van der Waals surface area contributed by atoms with Gasteiger partial charge in [-0.05, 0) is 56.6 Å². The fraction of sp³-hybridized carbons (Fsp3) is 0.471. The van der Waals surface area contributed by atoms with Gasteiger partial charge in [0.25, 0.3) is 0 Å². The van der Waals surface area contributed by atoms with E-state index in [1.807, 2.05) is 0 Å². The normalized spacial score (nSPS) is 15.4. The Morgan fingerprint density at radius 1 is 1.29 bits per heavy atom. The highest BCUT2D eigenvalue weighted by molar-refractivity contribution is 5.94. The second-order valence-electron chi connectivity index (χ2n) is 5.88. The second kappa shape index (κ2) is 7.53. The van der Waals surface area contributed by atoms with Crippen molar-refractivity contribution in [3.8, 4) is 11.3 Å². The van der Waals surface area contributed by atoms with Crippen LogP contribution in [-0.4, -0.2) is 46.0 Å². The molecular formula is C17H21FN4O2. The molecule has 1 aliphatic heterocycles. The van der Waals surface area contributed by atoms with E-state index in [0.29, 0.717) is 17.8 Å². The topological polar surface area (TPSA) is 71.1 Å². The number of nitrogens with one attached hydrogen (secondary N) is 1. The molecule has 2 heterocycles. The number of hydrogen-bond acceptors (Lipinski definition) is 5. The summed E-state index contributed by atoms with van der Waals surface area (Å²) in [5.74, 6) is -0.832. The molecule has 0 atom stereocenters. The number of H-pyrrole nitrogens is 1. The molecule has 1 fully saturated rings. The van der Waals surface area contributed by atoms with Crippen LogP contribution in [-0.2, 0) is 11.3 Å². The summed E-state index contributed by atoms with van der Waals surface area (Å²) in [6, 6.07) is 4.53. The smallest absolute Gasteiger partial charge is 0.361 e. The van der Waals surface area contributed by atoms with Crippen molar-refractivity contribution in [3.05, 3.63) is 35.3 Å². The number of piperidine rings is 1. The van der Waals surface area contributed by atoms with Crippen LogP contribution in [0.2, 0.25) is 0 Å². The van der Waals surface area contributed by atoms with Crippen LogP contribution in [0.1, 0.15) is 42.2 Å². The summed E-state index contributed by atoms with van der Waals surface area (Å²) in [6.07, 6.45) is 3.55. The summed E-state index contributed by atoms with van der Waals surface area (Å²) in [7, 11) is 0. The molecule has 1 aromatic heterocycles. The van der Waals surface area contributed by atoms with E-state index in [9.17, 15) is 9.18 Å². The number of nitrogens with zero attached hydrogens (tertiary/aromatic N) is 3. The van der Waals surface area contributed by atoms with E-state index < -0.39 is 5.97 Å². The third-order valence-electron chi connectivity index (χ3n) is 4.18. The Kier molecular flexibility index (Phi) is 5.20. The summed E-state index contributed by atoms with van der Waals surface area (Å²) in [6.45, 7) is 4.62. The summed E-state index contributed by atoms with van der Waals surface area (Å²) < 4.78 is 18.8.